The Bertz CT molecular complexity index is 775. The molecular formula is C17H17N3O3. The fraction of sp³-hybridized carbons (Fsp3) is 0.294. The van der Waals surface area contributed by atoms with Crippen LogP contribution in [0.25, 0.3) is 0 Å². The Labute approximate surface area is 133 Å². The Morgan fingerprint density at radius 2 is 2.22 bits per heavy atom. The van der Waals surface area contributed by atoms with E-state index in [4.69, 9.17) is 10.00 Å². The molecule has 0 radical (unpaired) electrons. The average molecular weight is 311 g/mol. The molecule has 6 heteroatoms. The molecule has 0 spiro atoms. The molecular weight excluding hydrogens is 294 g/mol. The number of nitrogens with one attached hydrogen (secondary N) is 2. The first-order valence-electron chi connectivity index (χ1n) is 7.28. The Morgan fingerprint density at radius 1 is 1.43 bits per heavy atom. The zero-order valence-corrected chi connectivity index (χ0v) is 12.8. The maximum Gasteiger partial charge on any atom is 0.268 e. The van der Waals surface area contributed by atoms with E-state index in [1.54, 1.807) is 50.4 Å². The molecule has 6 nitrogen and oxygen atoms in total. The van der Waals surface area contributed by atoms with Gasteiger partial charge in [-0.15, -0.1) is 0 Å². The molecule has 0 saturated carbocycles. The number of carbonyl (C=O) groups excluding carboxylic acids is 1. The second-order valence-corrected chi connectivity index (χ2v) is 6.05. The van der Waals surface area contributed by atoms with Crippen molar-refractivity contribution in [1.82, 2.24) is 10.3 Å². The molecule has 2 aromatic rings. The molecule has 23 heavy (non-hydrogen) atoms. The zero-order chi connectivity index (χ0) is 16.6. The number of carbonyl (C=O) groups is 1. The first-order valence-corrected chi connectivity index (χ1v) is 7.28. The maximum atomic E-state index is 12.3. The molecule has 1 amide bonds. The lowest BCUT2D eigenvalue weighted by Crippen LogP contribution is -2.53. The molecule has 2 atom stereocenters. The fourth-order valence-electron chi connectivity index (χ4n) is 2.72. The van der Waals surface area contributed by atoms with Crippen molar-refractivity contribution in [2.45, 2.75) is 31.6 Å². The number of aliphatic hydroxyl groups excluding tert-OH is 1. The number of fused-ring (bicyclic) bond motifs is 1. The number of nitriles is 1. The van der Waals surface area contributed by atoms with Crippen LogP contribution in [0.4, 0.5) is 0 Å². The number of rotatable bonds is 2. The van der Waals surface area contributed by atoms with Gasteiger partial charge in [-0.05, 0) is 44.2 Å². The molecule has 3 rings (SSSR count). The van der Waals surface area contributed by atoms with Crippen LogP contribution in [0.15, 0.2) is 36.5 Å². The molecule has 0 saturated heterocycles. The lowest BCUT2D eigenvalue weighted by Gasteiger charge is -2.42. The molecule has 1 aromatic heterocycles. The highest BCUT2D eigenvalue weighted by Crippen LogP contribution is 2.40. The number of amides is 1. The van der Waals surface area contributed by atoms with Crippen molar-refractivity contribution >= 4 is 5.91 Å². The number of benzene rings is 1. The van der Waals surface area contributed by atoms with Crippen molar-refractivity contribution in [1.29, 1.82) is 5.26 Å². The van der Waals surface area contributed by atoms with Crippen LogP contribution in [-0.4, -0.2) is 27.7 Å². The van der Waals surface area contributed by atoms with Gasteiger partial charge in [-0.2, -0.15) is 5.26 Å². The summed E-state index contributed by atoms with van der Waals surface area (Å²) in [6, 6.07) is 9.74. The number of aromatic nitrogens is 1. The van der Waals surface area contributed by atoms with Crippen molar-refractivity contribution in [3.8, 4) is 11.8 Å². The number of ether oxygens (including phenoxy) is 1. The molecule has 1 aliphatic rings. The minimum atomic E-state index is -0.956. The van der Waals surface area contributed by atoms with Crippen LogP contribution in [-0.2, 0) is 0 Å². The fourth-order valence-corrected chi connectivity index (χ4v) is 2.72. The Hall–Kier alpha value is -2.78. The summed E-state index contributed by atoms with van der Waals surface area (Å²) in [7, 11) is 0. The van der Waals surface area contributed by atoms with Crippen LogP contribution in [0.5, 0.6) is 5.75 Å². The summed E-state index contributed by atoms with van der Waals surface area (Å²) >= 11 is 0. The molecule has 0 bridgehead atoms. The largest absolute Gasteiger partial charge is 0.485 e. The average Bonchev–Trinajstić information content (AvgIpc) is 3.05. The van der Waals surface area contributed by atoms with Gasteiger partial charge in [-0.1, -0.05) is 0 Å². The molecule has 1 aliphatic heterocycles. The van der Waals surface area contributed by atoms with Gasteiger partial charge in [0.05, 0.1) is 17.7 Å². The summed E-state index contributed by atoms with van der Waals surface area (Å²) in [4.78, 5) is 15.2. The standard InChI is InChI=1S/C17H17N3O3/c1-17(2)15(21)14(20-16(22)12-4-3-7-19-12)11-8-10(9-18)5-6-13(11)23-17/h3-8,14-15,19,21H,1-2H3,(H,20,22). The molecule has 0 fully saturated rings. The van der Waals surface area contributed by atoms with Crippen LogP contribution in [0.3, 0.4) is 0 Å². The van der Waals surface area contributed by atoms with E-state index < -0.39 is 17.7 Å². The molecule has 2 heterocycles. The minimum Gasteiger partial charge on any atom is -0.485 e. The van der Waals surface area contributed by atoms with Gasteiger partial charge in [0.15, 0.2) is 0 Å². The van der Waals surface area contributed by atoms with Crippen molar-refractivity contribution in [2.24, 2.45) is 0 Å². The van der Waals surface area contributed by atoms with E-state index >= 15 is 0 Å². The predicted molar refractivity (Wildman–Crippen MR) is 82.9 cm³/mol. The van der Waals surface area contributed by atoms with Crippen molar-refractivity contribution < 1.29 is 14.6 Å². The summed E-state index contributed by atoms with van der Waals surface area (Å²) in [5.41, 5.74) is 0.572. The molecule has 1 aromatic carbocycles. The first-order chi connectivity index (χ1) is 10.9. The third kappa shape index (κ3) is 2.67. The second kappa shape index (κ2) is 5.45. The topological polar surface area (TPSA) is 98.1 Å². The van der Waals surface area contributed by atoms with Crippen LogP contribution in [0.1, 0.15) is 41.5 Å². The minimum absolute atomic E-state index is 0.329. The summed E-state index contributed by atoms with van der Waals surface area (Å²) in [5, 5.41) is 22.5. The number of nitrogens with zero attached hydrogens (tertiary/aromatic N) is 1. The number of hydrogen-bond donors (Lipinski definition) is 3. The highest BCUT2D eigenvalue weighted by molar-refractivity contribution is 5.92. The number of hydrogen-bond acceptors (Lipinski definition) is 4. The van der Waals surface area contributed by atoms with Crippen molar-refractivity contribution in [3.63, 3.8) is 0 Å². The quantitative estimate of drug-likeness (QED) is 0.788. The van der Waals surface area contributed by atoms with Gasteiger partial charge in [0.25, 0.3) is 5.91 Å². The van der Waals surface area contributed by atoms with Gasteiger partial charge in [-0.25, -0.2) is 0 Å². The monoisotopic (exact) mass is 311 g/mol. The summed E-state index contributed by atoms with van der Waals surface area (Å²) < 4.78 is 5.82. The van der Waals surface area contributed by atoms with Crippen LogP contribution >= 0.6 is 0 Å². The van der Waals surface area contributed by atoms with Gasteiger partial charge < -0.3 is 20.1 Å². The lowest BCUT2D eigenvalue weighted by atomic mass is 9.86. The van der Waals surface area contributed by atoms with E-state index in [2.05, 4.69) is 16.4 Å². The van der Waals surface area contributed by atoms with Crippen molar-refractivity contribution in [2.75, 3.05) is 0 Å². The highest BCUT2D eigenvalue weighted by atomic mass is 16.5. The Morgan fingerprint density at radius 3 is 2.87 bits per heavy atom. The van der Waals surface area contributed by atoms with Gasteiger partial charge in [0.1, 0.15) is 23.1 Å². The zero-order valence-electron chi connectivity index (χ0n) is 12.8. The highest BCUT2D eigenvalue weighted by Gasteiger charge is 2.43. The first kappa shape index (κ1) is 15.1. The number of H-pyrrole nitrogens is 1. The number of aliphatic hydroxyl groups is 1. The van der Waals surface area contributed by atoms with Gasteiger partial charge in [0, 0.05) is 11.8 Å². The van der Waals surface area contributed by atoms with E-state index in [9.17, 15) is 9.90 Å². The van der Waals surface area contributed by atoms with Crippen LogP contribution in [0.2, 0.25) is 0 Å². The summed E-state index contributed by atoms with van der Waals surface area (Å²) in [5.74, 6) is 0.223. The Kier molecular flexibility index (Phi) is 3.58. The van der Waals surface area contributed by atoms with Crippen LogP contribution in [0, 0.1) is 11.3 Å². The van der Waals surface area contributed by atoms with Crippen LogP contribution < -0.4 is 10.1 Å². The van der Waals surface area contributed by atoms with E-state index in [0.29, 0.717) is 22.6 Å². The van der Waals surface area contributed by atoms with E-state index in [-0.39, 0.29) is 5.91 Å². The summed E-state index contributed by atoms with van der Waals surface area (Å²) in [6.45, 7) is 3.51. The van der Waals surface area contributed by atoms with Gasteiger partial charge in [-0.3, -0.25) is 4.79 Å². The van der Waals surface area contributed by atoms with Gasteiger partial charge in [0.2, 0.25) is 0 Å². The molecule has 118 valence electrons. The van der Waals surface area contributed by atoms with E-state index in [1.165, 1.54) is 0 Å². The number of aromatic amines is 1. The van der Waals surface area contributed by atoms with Gasteiger partial charge >= 0.3 is 0 Å². The maximum absolute atomic E-state index is 12.3. The van der Waals surface area contributed by atoms with E-state index in [1.807, 2.05) is 0 Å². The molecule has 0 aliphatic carbocycles. The smallest absolute Gasteiger partial charge is 0.268 e. The lowest BCUT2D eigenvalue weighted by molar-refractivity contribution is -0.0628. The second-order valence-electron chi connectivity index (χ2n) is 6.05. The molecule has 3 N–H and O–H groups in total. The predicted octanol–water partition coefficient (Wildman–Crippen LogP) is 1.89. The third-order valence-electron chi connectivity index (χ3n) is 4.00. The third-order valence-corrected chi connectivity index (χ3v) is 4.00. The summed E-state index contributed by atoms with van der Waals surface area (Å²) in [6.07, 6.45) is 0.698. The SMILES string of the molecule is CC1(C)Oc2ccc(C#N)cc2C(NC(=O)c2ccc[nH]2)C1O. The normalized spacial score (nSPS) is 21.7. The Balaban J connectivity index is 2.00. The molecule has 2 unspecified atom stereocenters. The van der Waals surface area contributed by atoms with Crippen molar-refractivity contribution in [3.05, 3.63) is 53.3 Å². The van der Waals surface area contributed by atoms with E-state index in [0.717, 1.165) is 0 Å².